The highest BCUT2D eigenvalue weighted by Crippen LogP contribution is 2.31. The molecule has 2 rings (SSSR count). The Bertz CT molecular complexity index is 773. The topological polar surface area (TPSA) is 77.7 Å². The van der Waals surface area contributed by atoms with E-state index in [9.17, 15) is 4.79 Å². The van der Waals surface area contributed by atoms with Gasteiger partial charge in [0.05, 0.1) is 14.2 Å². The number of rotatable bonds is 10. The van der Waals surface area contributed by atoms with Crippen molar-refractivity contribution in [3.63, 3.8) is 0 Å². The minimum Gasteiger partial charge on any atom is -0.493 e. The molecular formula is C21H31N3O4. The van der Waals surface area contributed by atoms with Crippen LogP contribution in [0.15, 0.2) is 22.7 Å². The molecule has 0 unspecified atom stereocenters. The number of benzene rings is 1. The summed E-state index contributed by atoms with van der Waals surface area (Å²) in [5, 5.41) is 4.07. The molecule has 0 N–H and O–H groups in total. The molecule has 1 aromatic heterocycles. The number of amides is 1. The van der Waals surface area contributed by atoms with Gasteiger partial charge in [-0.25, -0.2) is 0 Å². The summed E-state index contributed by atoms with van der Waals surface area (Å²) in [7, 11) is 3.18. The summed E-state index contributed by atoms with van der Waals surface area (Å²) in [6.45, 7) is 8.83. The number of carbonyl (C=O) groups is 1. The summed E-state index contributed by atoms with van der Waals surface area (Å²) in [6.07, 6.45) is 1.98. The fraction of sp³-hybridized carbons (Fsp3) is 0.571. The zero-order valence-corrected chi connectivity index (χ0v) is 17.7. The number of carbonyl (C=O) groups excluding carboxylic acids is 1. The molecule has 0 saturated carbocycles. The average Bonchev–Trinajstić information content (AvgIpc) is 3.15. The molecule has 1 atom stereocenters. The van der Waals surface area contributed by atoms with E-state index < -0.39 is 0 Å². The second-order valence-corrected chi connectivity index (χ2v) is 7.27. The van der Waals surface area contributed by atoms with E-state index in [1.54, 1.807) is 20.3 Å². The van der Waals surface area contributed by atoms with Gasteiger partial charge in [-0.05, 0) is 37.5 Å². The van der Waals surface area contributed by atoms with Crippen molar-refractivity contribution < 1.29 is 18.8 Å². The van der Waals surface area contributed by atoms with Crippen molar-refractivity contribution in [3.05, 3.63) is 24.1 Å². The van der Waals surface area contributed by atoms with Crippen LogP contribution in [0.4, 0.5) is 0 Å². The molecule has 7 nitrogen and oxygen atoms in total. The summed E-state index contributed by atoms with van der Waals surface area (Å²) in [6, 6.07) is 5.65. The second-order valence-electron chi connectivity index (χ2n) is 7.27. The first-order valence-corrected chi connectivity index (χ1v) is 9.74. The lowest BCUT2D eigenvalue weighted by atomic mass is 10.1. The van der Waals surface area contributed by atoms with Gasteiger partial charge in [0.15, 0.2) is 11.5 Å². The van der Waals surface area contributed by atoms with Crippen molar-refractivity contribution in [1.29, 1.82) is 0 Å². The zero-order valence-electron chi connectivity index (χ0n) is 17.7. The van der Waals surface area contributed by atoms with Crippen molar-refractivity contribution >= 4 is 5.91 Å². The van der Waals surface area contributed by atoms with Crippen LogP contribution in [0.3, 0.4) is 0 Å². The Hall–Kier alpha value is -2.57. The maximum absolute atomic E-state index is 12.6. The van der Waals surface area contributed by atoms with Gasteiger partial charge >= 0.3 is 0 Å². The van der Waals surface area contributed by atoms with Crippen LogP contribution < -0.4 is 9.47 Å². The van der Waals surface area contributed by atoms with Gasteiger partial charge in [0.25, 0.3) is 0 Å². The second kappa shape index (κ2) is 10.1. The van der Waals surface area contributed by atoms with Crippen LogP contribution in [0.1, 0.15) is 46.4 Å². The number of methoxy groups -OCH3 is 2. The first-order chi connectivity index (χ1) is 13.4. The molecule has 0 aliphatic rings. The van der Waals surface area contributed by atoms with Crippen molar-refractivity contribution in [2.24, 2.45) is 5.92 Å². The van der Waals surface area contributed by atoms with Gasteiger partial charge in [0.2, 0.25) is 17.6 Å². The number of aromatic nitrogens is 2. The van der Waals surface area contributed by atoms with Gasteiger partial charge in [0.1, 0.15) is 0 Å². The quantitative estimate of drug-likeness (QED) is 0.612. The molecule has 0 radical (unpaired) electrons. The smallest absolute Gasteiger partial charge is 0.228 e. The molecule has 1 heterocycles. The van der Waals surface area contributed by atoms with Gasteiger partial charge in [-0.3, -0.25) is 4.79 Å². The van der Waals surface area contributed by atoms with Crippen LogP contribution in [0.5, 0.6) is 11.5 Å². The molecule has 28 heavy (non-hydrogen) atoms. The highest BCUT2D eigenvalue weighted by atomic mass is 16.5. The largest absolute Gasteiger partial charge is 0.493 e. The van der Waals surface area contributed by atoms with Crippen molar-refractivity contribution in [2.45, 2.75) is 53.0 Å². The summed E-state index contributed by atoms with van der Waals surface area (Å²) in [5.74, 6) is 2.74. The maximum atomic E-state index is 12.6. The summed E-state index contributed by atoms with van der Waals surface area (Å²) in [4.78, 5) is 19.0. The fourth-order valence-electron chi connectivity index (χ4n) is 2.94. The highest BCUT2D eigenvalue weighted by molar-refractivity contribution is 5.76. The van der Waals surface area contributed by atoms with Gasteiger partial charge in [-0.2, -0.15) is 4.98 Å². The Kier molecular flexibility index (Phi) is 7.84. The van der Waals surface area contributed by atoms with E-state index in [2.05, 4.69) is 37.8 Å². The van der Waals surface area contributed by atoms with Crippen LogP contribution >= 0.6 is 0 Å². The van der Waals surface area contributed by atoms with E-state index in [0.717, 1.165) is 12.0 Å². The lowest BCUT2D eigenvalue weighted by molar-refractivity contribution is -0.134. The summed E-state index contributed by atoms with van der Waals surface area (Å²) < 4.78 is 16.0. The third kappa shape index (κ3) is 5.47. The van der Waals surface area contributed by atoms with E-state index in [1.807, 2.05) is 17.0 Å². The molecule has 0 fully saturated rings. The molecule has 1 amide bonds. The van der Waals surface area contributed by atoms with E-state index in [-0.39, 0.29) is 11.9 Å². The summed E-state index contributed by atoms with van der Waals surface area (Å²) >= 11 is 0. The fourth-order valence-corrected chi connectivity index (χ4v) is 2.94. The van der Waals surface area contributed by atoms with Crippen molar-refractivity contribution in [1.82, 2.24) is 15.0 Å². The monoisotopic (exact) mass is 389 g/mol. The Morgan fingerprint density at radius 3 is 2.50 bits per heavy atom. The zero-order chi connectivity index (χ0) is 20.7. The van der Waals surface area contributed by atoms with Crippen molar-refractivity contribution in [3.8, 4) is 22.9 Å². The van der Waals surface area contributed by atoms with Crippen LogP contribution in [0, 0.1) is 5.92 Å². The minimum absolute atomic E-state index is 0.170. The Morgan fingerprint density at radius 2 is 1.89 bits per heavy atom. The molecular weight excluding hydrogens is 358 g/mol. The van der Waals surface area contributed by atoms with Crippen LogP contribution in [-0.2, 0) is 11.2 Å². The average molecular weight is 389 g/mol. The lowest BCUT2D eigenvalue weighted by Gasteiger charge is -2.29. The molecule has 2 aromatic rings. The van der Waals surface area contributed by atoms with Crippen LogP contribution in [-0.4, -0.2) is 47.8 Å². The molecule has 7 heteroatoms. The maximum Gasteiger partial charge on any atom is 0.228 e. The van der Waals surface area contributed by atoms with Gasteiger partial charge < -0.3 is 18.9 Å². The molecule has 0 aliphatic carbocycles. The molecule has 0 spiro atoms. The number of nitrogens with zero attached hydrogens (tertiary/aromatic N) is 3. The third-order valence-electron chi connectivity index (χ3n) is 4.70. The van der Waals surface area contributed by atoms with E-state index in [0.29, 0.717) is 48.5 Å². The first-order valence-electron chi connectivity index (χ1n) is 9.74. The first kappa shape index (κ1) is 21.7. The van der Waals surface area contributed by atoms with Crippen LogP contribution in [0.25, 0.3) is 11.4 Å². The molecule has 0 aliphatic heterocycles. The van der Waals surface area contributed by atoms with E-state index in [4.69, 9.17) is 14.0 Å². The van der Waals surface area contributed by atoms with Crippen molar-refractivity contribution in [2.75, 3.05) is 20.8 Å². The molecule has 154 valence electrons. The van der Waals surface area contributed by atoms with Crippen LogP contribution in [0.2, 0.25) is 0 Å². The minimum atomic E-state index is 0.170. The number of ether oxygens (including phenoxy) is 2. The van der Waals surface area contributed by atoms with E-state index >= 15 is 0 Å². The van der Waals surface area contributed by atoms with Gasteiger partial charge in [-0.1, -0.05) is 25.9 Å². The third-order valence-corrected chi connectivity index (χ3v) is 4.70. The van der Waals surface area contributed by atoms with Gasteiger partial charge in [-0.15, -0.1) is 0 Å². The normalized spacial score (nSPS) is 12.1. The molecule has 0 bridgehead atoms. The Labute approximate surface area is 167 Å². The number of hydrogen-bond acceptors (Lipinski definition) is 6. The predicted molar refractivity (Wildman–Crippen MR) is 107 cm³/mol. The Morgan fingerprint density at radius 1 is 1.18 bits per heavy atom. The standard InChI is InChI=1S/C21H31N3O4/c1-7-15(4)24(20(25)12-14(2)3)11-10-19-22-21(23-28-19)16-8-9-17(26-5)18(13-16)27-6/h8-9,13-15H,7,10-12H2,1-6H3/t15-/m1/s1. The summed E-state index contributed by atoms with van der Waals surface area (Å²) in [5.41, 5.74) is 0.780. The molecule has 0 saturated heterocycles. The highest BCUT2D eigenvalue weighted by Gasteiger charge is 2.21. The SMILES string of the molecule is CC[C@@H](C)N(CCc1nc(-c2ccc(OC)c(OC)c2)no1)C(=O)CC(C)C. The van der Waals surface area contributed by atoms with Gasteiger partial charge in [0, 0.05) is 31.0 Å². The Balaban J connectivity index is 2.10. The lowest BCUT2D eigenvalue weighted by Crippen LogP contribution is -2.40. The predicted octanol–water partition coefficient (Wildman–Crippen LogP) is 3.97. The number of hydrogen-bond donors (Lipinski definition) is 0. The van der Waals surface area contributed by atoms with E-state index in [1.165, 1.54) is 0 Å². The molecule has 1 aromatic carbocycles.